The Morgan fingerprint density at radius 3 is 1.34 bits per heavy atom. The number of para-hydroxylation sites is 2. The second kappa shape index (κ2) is 13.3. The van der Waals surface area contributed by atoms with Gasteiger partial charge in [-0.25, -0.2) is 15.0 Å². The predicted octanol–water partition coefficient (Wildman–Crippen LogP) is 14.1. The van der Waals surface area contributed by atoms with Gasteiger partial charge in [0.05, 0.1) is 5.56 Å². The monoisotopic (exact) mass is 733 g/mol. The molecule has 0 aliphatic heterocycles. The Kier molecular flexibility index (Phi) is 7.64. The number of hydrogen-bond donors (Lipinski definition) is 0. The van der Waals surface area contributed by atoms with Crippen molar-refractivity contribution in [3.63, 3.8) is 0 Å². The standard InChI is InChI=1S/C51H31N3OS/c1-4-16-32(17-5-1)35-22-10-11-23-37(35)38-25-13-26-39-40-27-14-30-43(46(40)55-45(38)39)50-52-49(34-20-8-3-9-21-34)53-51(54-50)44-31-15-29-42-41-28-12-24-36(47(41)56-48(42)44)33-18-6-2-7-19-33/h1-31H. The molecule has 8 aromatic carbocycles. The van der Waals surface area contributed by atoms with Gasteiger partial charge in [-0.3, -0.25) is 0 Å². The number of nitrogens with zero attached hydrogens (tertiary/aromatic N) is 3. The minimum Gasteiger partial charge on any atom is -0.455 e. The Labute approximate surface area is 327 Å². The van der Waals surface area contributed by atoms with E-state index in [1.807, 2.05) is 36.4 Å². The Hall–Kier alpha value is -7.21. The van der Waals surface area contributed by atoms with Crippen molar-refractivity contribution in [2.45, 2.75) is 0 Å². The fourth-order valence-electron chi connectivity index (χ4n) is 7.97. The summed E-state index contributed by atoms with van der Waals surface area (Å²) < 4.78 is 9.36. The normalized spacial score (nSPS) is 11.6. The molecule has 5 heteroatoms. The number of furan rings is 1. The first-order valence-corrected chi connectivity index (χ1v) is 19.5. The summed E-state index contributed by atoms with van der Waals surface area (Å²) in [5, 5.41) is 4.47. The van der Waals surface area contributed by atoms with Crippen molar-refractivity contribution in [1.82, 2.24) is 15.0 Å². The van der Waals surface area contributed by atoms with Crippen LogP contribution >= 0.6 is 11.3 Å². The Bertz CT molecular complexity index is 3240. The van der Waals surface area contributed by atoms with Gasteiger partial charge >= 0.3 is 0 Å². The van der Waals surface area contributed by atoms with Crippen LogP contribution in [0, 0.1) is 0 Å². The molecule has 11 rings (SSSR count). The molecule has 3 aromatic heterocycles. The highest BCUT2D eigenvalue weighted by Crippen LogP contribution is 2.45. The highest BCUT2D eigenvalue weighted by atomic mass is 32.1. The summed E-state index contributed by atoms with van der Waals surface area (Å²) in [7, 11) is 0. The Morgan fingerprint density at radius 2 is 0.696 bits per heavy atom. The van der Waals surface area contributed by atoms with E-state index in [4.69, 9.17) is 19.4 Å². The fraction of sp³-hybridized carbons (Fsp3) is 0. The zero-order chi connectivity index (χ0) is 37.0. The van der Waals surface area contributed by atoms with Crippen LogP contribution in [-0.2, 0) is 0 Å². The van der Waals surface area contributed by atoms with Crippen molar-refractivity contribution >= 4 is 53.4 Å². The largest absolute Gasteiger partial charge is 0.455 e. The summed E-state index contributed by atoms with van der Waals surface area (Å²) in [6, 6.07) is 65.5. The van der Waals surface area contributed by atoms with Crippen LogP contribution in [0.25, 0.3) is 110 Å². The van der Waals surface area contributed by atoms with Crippen LogP contribution in [0.15, 0.2) is 192 Å². The van der Waals surface area contributed by atoms with Gasteiger partial charge in [0, 0.05) is 47.6 Å². The summed E-state index contributed by atoms with van der Waals surface area (Å²) >= 11 is 1.79. The first kappa shape index (κ1) is 32.2. The van der Waals surface area contributed by atoms with E-state index in [9.17, 15) is 0 Å². The van der Waals surface area contributed by atoms with Gasteiger partial charge in [-0.05, 0) is 39.9 Å². The van der Waals surface area contributed by atoms with E-state index in [0.717, 1.165) is 65.6 Å². The Morgan fingerprint density at radius 1 is 0.286 bits per heavy atom. The van der Waals surface area contributed by atoms with E-state index in [1.54, 1.807) is 11.3 Å². The van der Waals surface area contributed by atoms with Gasteiger partial charge in [0.25, 0.3) is 0 Å². The van der Waals surface area contributed by atoms with Crippen LogP contribution in [0.2, 0.25) is 0 Å². The summed E-state index contributed by atoms with van der Waals surface area (Å²) in [5.74, 6) is 1.80. The highest BCUT2D eigenvalue weighted by molar-refractivity contribution is 7.26. The van der Waals surface area contributed by atoms with E-state index in [1.165, 1.54) is 26.6 Å². The molecular weight excluding hydrogens is 703 g/mol. The maximum absolute atomic E-state index is 6.97. The van der Waals surface area contributed by atoms with Crippen LogP contribution in [-0.4, -0.2) is 15.0 Å². The van der Waals surface area contributed by atoms with Crippen LogP contribution in [0.4, 0.5) is 0 Å². The van der Waals surface area contributed by atoms with Gasteiger partial charge in [-0.2, -0.15) is 0 Å². The molecule has 0 saturated carbocycles. The number of thiophene rings is 1. The van der Waals surface area contributed by atoms with Crippen LogP contribution < -0.4 is 0 Å². The van der Waals surface area contributed by atoms with Crippen molar-refractivity contribution in [1.29, 1.82) is 0 Å². The number of aromatic nitrogens is 3. The molecule has 56 heavy (non-hydrogen) atoms. The minimum atomic E-state index is 0.563. The molecule has 0 saturated heterocycles. The molecule has 0 spiro atoms. The van der Waals surface area contributed by atoms with Crippen molar-refractivity contribution in [2.75, 3.05) is 0 Å². The smallest absolute Gasteiger partial charge is 0.167 e. The summed E-state index contributed by atoms with van der Waals surface area (Å²) in [6.07, 6.45) is 0. The average molecular weight is 734 g/mol. The van der Waals surface area contributed by atoms with Crippen molar-refractivity contribution in [2.24, 2.45) is 0 Å². The molecule has 262 valence electrons. The lowest BCUT2D eigenvalue weighted by Crippen LogP contribution is -2.00. The molecule has 0 fully saturated rings. The minimum absolute atomic E-state index is 0.563. The zero-order valence-electron chi connectivity index (χ0n) is 30.1. The molecule has 11 aromatic rings. The topological polar surface area (TPSA) is 51.8 Å². The van der Waals surface area contributed by atoms with E-state index >= 15 is 0 Å². The lowest BCUT2D eigenvalue weighted by molar-refractivity contribution is 0.670. The van der Waals surface area contributed by atoms with E-state index in [0.29, 0.717) is 17.5 Å². The molecule has 0 radical (unpaired) electrons. The molecule has 0 aliphatic carbocycles. The van der Waals surface area contributed by atoms with Crippen LogP contribution in [0.1, 0.15) is 0 Å². The first-order valence-electron chi connectivity index (χ1n) is 18.7. The van der Waals surface area contributed by atoms with Gasteiger partial charge in [0.15, 0.2) is 17.5 Å². The van der Waals surface area contributed by atoms with Gasteiger partial charge in [-0.15, -0.1) is 11.3 Å². The number of fused-ring (bicyclic) bond motifs is 6. The molecule has 4 nitrogen and oxygen atoms in total. The van der Waals surface area contributed by atoms with Gasteiger partial charge in [-0.1, -0.05) is 176 Å². The molecular formula is C51H31N3OS. The number of benzene rings is 8. The van der Waals surface area contributed by atoms with Gasteiger partial charge in [0.1, 0.15) is 11.2 Å². The quantitative estimate of drug-likeness (QED) is 0.171. The van der Waals surface area contributed by atoms with Gasteiger partial charge in [0.2, 0.25) is 0 Å². The third kappa shape index (κ3) is 5.32. The molecule has 0 atom stereocenters. The van der Waals surface area contributed by atoms with Crippen molar-refractivity contribution in [3.8, 4) is 67.5 Å². The highest BCUT2D eigenvalue weighted by Gasteiger charge is 2.22. The second-order valence-electron chi connectivity index (χ2n) is 13.9. The average Bonchev–Trinajstić information content (AvgIpc) is 3.86. The molecule has 0 unspecified atom stereocenters. The fourth-order valence-corrected chi connectivity index (χ4v) is 9.32. The maximum atomic E-state index is 6.97. The number of rotatable bonds is 6. The molecule has 0 amide bonds. The lowest BCUT2D eigenvalue weighted by atomic mass is 9.93. The van der Waals surface area contributed by atoms with Crippen LogP contribution in [0.5, 0.6) is 0 Å². The Balaban J connectivity index is 1.13. The van der Waals surface area contributed by atoms with E-state index in [-0.39, 0.29) is 0 Å². The summed E-state index contributed by atoms with van der Waals surface area (Å²) in [6.45, 7) is 0. The summed E-state index contributed by atoms with van der Waals surface area (Å²) in [4.78, 5) is 15.6. The zero-order valence-corrected chi connectivity index (χ0v) is 30.9. The second-order valence-corrected chi connectivity index (χ2v) is 14.9. The lowest BCUT2D eigenvalue weighted by Gasteiger charge is -2.10. The van der Waals surface area contributed by atoms with E-state index < -0.39 is 0 Å². The first-order chi connectivity index (χ1) is 27.8. The van der Waals surface area contributed by atoms with E-state index in [2.05, 4.69) is 152 Å². The van der Waals surface area contributed by atoms with Crippen molar-refractivity contribution < 1.29 is 4.42 Å². The predicted molar refractivity (Wildman–Crippen MR) is 233 cm³/mol. The molecule has 3 heterocycles. The SMILES string of the molecule is c1ccc(-c2nc(-c3cccc4c3oc3c(-c5ccccc5-c5ccccc5)cccc34)nc(-c3cccc4c3sc3c(-c5ccccc5)cccc34)n2)cc1. The molecule has 0 aliphatic rings. The number of hydrogen-bond acceptors (Lipinski definition) is 5. The van der Waals surface area contributed by atoms with Crippen molar-refractivity contribution in [3.05, 3.63) is 188 Å². The third-order valence-corrected chi connectivity index (χ3v) is 11.9. The third-order valence-electron chi connectivity index (χ3n) is 10.6. The molecule has 0 bridgehead atoms. The van der Waals surface area contributed by atoms with Gasteiger partial charge < -0.3 is 4.42 Å². The maximum Gasteiger partial charge on any atom is 0.167 e. The van der Waals surface area contributed by atoms with Crippen LogP contribution in [0.3, 0.4) is 0 Å². The summed E-state index contributed by atoms with van der Waals surface area (Å²) in [5.41, 5.74) is 11.2. The molecule has 0 N–H and O–H groups in total.